The lowest BCUT2D eigenvalue weighted by molar-refractivity contribution is 0.0600. The summed E-state index contributed by atoms with van der Waals surface area (Å²) in [6, 6.07) is 4.36. The number of sulfonamides is 1. The summed E-state index contributed by atoms with van der Waals surface area (Å²) < 4.78 is 31.8. The minimum atomic E-state index is -3.57. The van der Waals surface area contributed by atoms with Gasteiger partial charge in [-0.2, -0.15) is 4.31 Å². The maximum absolute atomic E-state index is 12.7. The van der Waals surface area contributed by atoms with Crippen molar-refractivity contribution in [2.75, 3.05) is 33.3 Å². The molecule has 0 saturated carbocycles. The number of nitrogens with zero attached hydrogens (tertiary/aromatic N) is 1. The van der Waals surface area contributed by atoms with Crippen LogP contribution in [0.1, 0.15) is 16.8 Å². The monoisotopic (exact) mass is 376 g/mol. The van der Waals surface area contributed by atoms with Crippen LogP contribution in [0.25, 0.3) is 0 Å². The van der Waals surface area contributed by atoms with Gasteiger partial charge in [-0.3, -0.25) is 0 Å². The highest BCUT2D eigenvalue weighted by Gasteiger charge is 2.27. The van der Waals surface area contributed by atoms with Crippen LogP contribution in [0.15, 0.2) is 27.6 Å². The lowest BCUT2D eigenvalue weighted by atomic mass is 10.2. The van der Waals surface area contributed by atoms with Crippen molar-refractivity contribution in [2.24, 2.45) is 0 Å². The Morgan fingerprint density at radius 2 is 2.10 bits per heavy atom. The highest BCUT2D eigenvalue weighted by Crippen LogP contribution is 2.26. The first-order valence-corrected chi connectivity index (χ1v) is 8.79. The fraction of sp³-hybridized carbons (Fsp3) is 0.462. The first-order chi connectivity index (χ1) is 9.96. The van der Waals surface area contributed by atoms with Gasteiger partial charge in [0.1, 0.15) is 0 Å². The lowest BCUT2D eigenvalue weighted by Crippen LogP contribution is -2.34. The lowest BCUT2D eigenvalue weighted by Gasteiger charge is -2.20. The minimum Gasteiger partial charge on any atom is -0.465 e. The quantitative estimate of drug-likeness (QED) is 0.802. The van der Waals surface area contributed by atoms with Crippen molar-refractivity contribution in [3.8, 4) is 0 Å². The fourth-order valence-corrected chi connectivity index (χ4v) is 4.67. The summed E-state index contributed by atoms with van der Waals surface area (Å²) in [4.78, 5) is 11.6. The van der Waals surface area contributed by atoms with Crippen molar-refractivity contribution < 1.29 is 17.9 Å². The molecule has 0 aromatic heterocycles. The van der Waals surface area contributed by atoms with Gasteiger partial charge < -0.3 is 10.1 Å². The van der Waals surface area contributed by atoms with Crippen molar-refractivity contribution in [3.05, 3.63) is 28.2 Å². The average molecular weight is 377 g/mol. The van der Waals surface area contributed by atoms with Crippen molar-refractivity contribution in [1.82, 2.24) is 9.62 Å². The van der Waals surface area contributed by atoms with Crippen molar-refractivity contribution in [3.63, 3.8) is 0 Å². The van der Waals surface area contributed by atoms with Gasteiger partial charge >= 0.3 is 5.97 Å². The average Bonchev–Trinajstić information content (AvgIpc) is 2.75. The van der Waals surface area contributed by atoms with Crippen LogP contribution >= 0.6 is 15.9 Å². The van der Waals surface area contributed by atoms with Crippen LogP contribution in [0.2, 0.25) is 0 Å². The van der Waals surface area contributed by atoms with E-state index < -0.39 is 16.0 Å². The molecule has 0 radical (unpaired) electrons. The smallest absolute Gasteiger partial charge is 0.337 e. The van der Waals surface area contributed by atoms with Crippen LogP contribution in [-0.4, -0.2) is 52.0 Å². The Bertz CT molecular complexity index is 625. The molecule has 1 aromatic carbocycles. The summed E-state index contributed by atoms with van der Waals surface area (Å²) in [6.45, 7) is 2.37. The molecule has 21 heavy (non-hydrogen) atoms. The summed E-state index contributed by atoms with van der Waals surface area (Å²) >= 11 is 3.24. The molecule has 0 bridgehead atoms. The molecule has 6 nitrogen and oxygen atoms in total. The number of halogens is 1. The van der Waals surface area contributed by atoms with Crippen LogP contribution in [0.3, 0.4) is 0 Å². The Kier molecular flexibility index (Phi) is 5.37. The van der Waals surface area contributed by atoms with E-state index in [1.165, 1.54) is 29.6 Å². The summed E-state index contributed by atoms with van der Waals surface area (Å²) in [5, 5.41) is 3.17. The van der Waals surface area contributed by atoms with Gasteiger partial charge in [-0.1, -0.05) is 0 Å². The van der Waals surface area contributed by atoms with Crippen LogP contribution < -0.4 is 5.32 Å². The largest absolute Gasteiger partial charge is 0.465 e. The molecule has 1 aromatic rings. The molecule has 0 aliphatic carbocycles. The van der Waals surface area contributed by atoms with E-state index >= 15 is 0 Å². The summed E-state index contributed by atoms with van der Waals surface area (Å²) in [6.07, 6.45) is 0.775. The van der Waals surface area contributed by atoms with Crippen molar-refractivity contribution in [1.29, 1.82) is 0 Å². The normalized spacial score (nSPS) is 17.2. The van der Waals surface area contributed by atoms with Gasteiger partial charge in [0.15, 0.2) is 0 Å². The van der Waals surface area contributed by atoms with Crippen LogP contribution in [0.4, 0.5) is 0 Å². The third-order valence-corrected chi connectivity index (χ3v) is 6.15. The van der Waals surface area contributed by atoms with Gasteiger partial charge in [0, 0.05) is 24.1 Å². The Hall–Kier alpha value is -0.960. The van der Waals surface area contributed by atoms with Crippen LogP contribution in [0.5, 0.6) is 0 Å². The van der Waals surface area contributed by atoms with Crippen molar-refractivity contribution in [2.45, 2.75) is 11.3 Å². The van der Waals surface area contributed by atoms with Crippen molar-refractivity contribution >= 4 is 31.9 Å². The molecule has 0 spiro atoms. The van der Waals surface area contributed by atoms with E-state index in [0.717, 1.165) is 13.0 Å². The summed E-state index contributed by atoms with van der Waals surface area (Å²) in [7, 11) is -2.29. The SMILES string of the molecule is COC(=O)c1ccc(S(=O)(=O)N2CCCNCC2)c(Br)c1. The van der Waals surface area contributed by atoms with E-state index in [1.54, 1.807) is 0 Å². The number of carbonyl (C=O) groups excluding carboxylic acids is 1. The van der Waals surface area contributed by atoms with Gasteiger partial charge in [0.25, 0.3) is 0 Å². The van der Waals surface area contributed by atoms with Crippen LogP contribution in [0, 0.1) is 0 Å². The van der Waals surface area contributed by atoms with Crippen LogP contribution in [-0.2, 0) is 14.8 Å². The molecular weight excluding hydrogens is 360 g/mol. The second-order valence-electron chi connectivity index (χ2n) is 4.64. The van der Waals surface area contributed by atoms with E-state index in [4.69, 9.17) is 0 Å². The molecule has 0 amide bonds. The molecule has 1 heterocycles. The third kappa shape index (κ3) is 3.63. The number of nitrogens with one attached hydrogen (secondary N) is 1. The third-order valence-electron chi connectivity index (χ3n) is 3.27. The number of benzene rings is 1. The zero-order valence-corrected chi connectivity index (χ0v) is 14.0. The van der Waals surface area contributed by atoms with E-state index in [-0.39, 0.29) is 4.90 Å². The second-order valence-corrected chi connectivity index (χ2v) is 7.41. The molecular formula is C13H17BrN2O4S. The van der Waals surface area contributed by atoms with Gasteiger partial charge in [-0.25, -0.2) is 13.2 Å². The number of methoxy groups -OCH3 is 1. The van der Waals surface area contributed by atoms with Gasteiger partial charge in [-0.15, -0.1) is 0 Å². The Morgan fingerprint density at radius 3 is 2.76 bits per heavy atom. The first-order valence-electron chi connectivity index (χ1n) is 6.55. The number of carbonyl (C=O) groups is 1. The molecule has 1 fully saturated rings. The number of hydrogen-bond acceptors (Lipinski definition) is 5. The second kappa shape index (κ2) is 6.87. The minimum absolute atomic E-state index is 0.164. The number of esters is 1. The summed E-state index contributed by atoms with van der Waals surface area (Å²) in [5.74, 6) is -0.501. The first kappa shape index (κ1) is 16.4. The molecule has 1 saturated heterocycles. The number of hydrogen-bond donors (Lipinski definition) is 1. The molecule has 2 rings (SSSR count). The molecule has 0 atom stereocenters. The zero-order valence-electron chi connectivity index (χ0n) is 11.6. The molecule has 116 valence electrons. The van der Waals surface area contributed by atoms with Gasteiger partial charge in [-0.05, 0) is 47.1 Å². The van der Waals surface area contributed by atoms with E-state index in [2.05, 4.69) is 26.0 Å². The maximum Gasteiger partial charge on any atom is 0.337 e. The van der Waals surface area contributed by atoms with E-state index in [0.29, 0.717) is 29.7 Å². The predicted octanol–water partition coefficient (Wildman–Crippen LogP) is 1.22. The molecule has 1 aliphatic heterocycles. The fourth-order valence-electron chi connectivity index (χ4n) is 2.16. The molecule has 1 aliphatic rings. The topological polar surface area (TPSA) is 75.7 Å². The standard InChI is InChI=1S/C13H17BrN2O4S/c1-20-13(17)10-3-4-12(11(14)9-10)21(18,19)16-7-2-5-15-6-8-16/h3-4,9,15H,2,5-8H2,1H3. The maximum atomic E-state index is 12.7. The van der Waals surface area contributed by atoms with E-state index in [9.17, 15) is 13.2 Å². The number of rotatable bonds is 3. The predicted molar refractivity (Wildman–Crippen MR) is 81.7 cm³/mol. The molecule has 0 unspecified atom stereocenters. The molecule has 1 N–H and O–H groups in total. The number of ether oxygens (including phenoxy) is 1. The zero-order chi connectivity index (χ0) is 15.5. The molecule has 8 heteroatoms. The highest BCUT2D eigenvalue weighted by atomic mass is 79.9. The summed E-state index contributed by atoms with van der Waals surface area (Å²) in [5.41, 5.74) is 0.306. The Balaban J connectivity index is 2.33. The highest BCUT2D eigenvalue weighted by molar-refractivity contribution is 9.10. The Morgan fingerprint density at radius 1 is 1.33 bits per heavy atom. The Labute approximate surface area is 132 Å². The van der Waals surface area contributed by atoms with Gasteiger partial charge in [0.05, 0.1) is 17.6 Å². The van der Waals surface area contributed by atoms with E-state index in [1.807, 2.05) is 0 Å². The van der Waals surface area contributed by atoms with Gasteiger partial charge in [0.2, 0.25) is 10.0 Å².